The van der Waals surface area contributed by atoms with Crippen molar-refractivity contribution >= 4 is 12.6 Å². The SMILES string of the molecule is CCCCCCCCCCCCCCCCCCCCCCCc1ccc(S)cc1. The van der Waals surface area contributed by atoms with Crippen LogP contribution in [-0.4, -0.2) is 0 Å². The van der Waals surface area contributed by atoms with E-state index in [1.165, 1.54) is 147 Å². The third kappa shape index (κ3) is 18.3. The average molecular weight is 433 g/mol. The van der Waals surface area contributed by atoms with Crippen molar-refractivity contribution in [2.75, 3.05) is 0 Å². The van der Waals surface area contributed by atoms with E-state index in [4.69, 9.17) is 0 Å². The third-order valence-electron chi connectivity index (χ3n) is 6.51. The van der Waals surface area contributed by atoms with Gasteiger partial charge in [0.1, 0.15) is 0 Å². The van der Waals surface area contributed by atoms with Crippen molar-refractivity contribution in [2.24, 2.45) is 0 Å². The zero-order valence-corrected chi connectivity index (χ0v) is 21.2. The number of hydrogen-bond acceptors (Lipinski definition) is 1. The molecule has 0 N–H and O–H groups in total. The fourth-order valence-corrected chi connectivity index (χ4v) is 4.57. The van der Waals surface area contributed by atoms with Crippen molar-refractivity contribution in [1.29, 1.82) is 0 Å². The van der Waals surface area contributed by atoms with Crippen LogP contribution in [0.2, 0.25) is 0 Å². The second kappa shape index (κ2) is 21.8. The van der Waals surface area contributed by atoms with Gasteiger partial charge in [-0.05, 0) is 30.5 Å². The highest BCUT2D eigenvalue weighted by atomic mass is 32.1. The predicted octanol–water partition coefficient (Wildman–Crippen LogP) is 10.7. The predicted molar refractivity (Wildman–Crippen MR) is 140 cm³/mol. The summed E-state index contributed by atoms with van der Waals surface area (Å²) in [6.45, 7) is 2.30. The molecule has 1 rings (SSSR count). The maximum atomic E-state index is 4.35. The number of benzene rings is 1. The van der Waals surface area contributed by atoms with Crippen LogP contribution in [0.1, 0.15) is 147 Å². The summed E-state index contributed by atoms with van der Waals surface area (Å²) in [4.78, 5) is 1.07. The molecule has 0 atom stereocenters. The minimum Gasteiger partial charge on any atom is -0.143 e. The molecule has 0 nitrogen and oxygen atoms in total. The van der Waals surface area contributed by atoms with Crippen molar-refractivity contribution in [3.63, 3.8) is 0 Å². The lowest BCUT2D eigenvalue weighted by molar-refractivity contribution is 0.520. The summed E-state index contributed by atoms with van der Waals surface area (Å²) in [5, 5.41) is 0. The molecule has 0 spiro atoms. The normalized spacial score (nSPS) is 11.3. The quantitative estimate of drug-likeness (QED) is 0.137. The molecule has 0 radical (unpaired) electrons. The number of hydrogen-bond donors (Lipinski definition) is 1. The lowest BCUT2D eigenvalue weighted by Crippen LogP contribution is -1.86. The van der Waals surface area contributed by atoms with E-state index >= 15 is 0 Å². The molecule has 0 bridgehead atoms. The molecule has 0 saturated carbocycles. The Labute approximate surface area is 195 Å². The molecule has 0 amide bonds. The molecule has 0 unspecified atom stereocenters. The van der Waals surface area contributed by atoms with Crippen LogP contribution in [-0.2, 0) is 6.42 Å². The lowest BCUT2D eigenvalue weighted by atomic mass is 10.0. The van der Waals surface area contributed by atoms with E-state index in [-0.39, 0.29) is 0 Å². The topological polar surface area (TPSA) is 0 Å². The van der Waals surface area contributed by atoms with Gasteiger partial charge in [-0.15, -0.1) is 12.6 Å². The summed E-state index contributed by atoms with van der Waals surface area (Å²) >= 11 is 4.35. The van der Waals surface area contributed by atoms with E-state index in [1.807, 2.05) is 0 Å². The van der Waals surface area contributed by atoms with E-state index < -0.39 is 0 Å². The molecular weight excluding hydrogens is 380 g/mol. The average Bonchev–Trinajstić information content (AvgIpc) is 2.76. The summed E-state index contributed by atoms with van der Waals surface area (Å²) < 4.78 is 0. The minimum absolute atomic E-state index is 1.07. The molecule has 1 aromatic carbocycles. The van der Waals surface area contributed by atoms with Crippen molar-refractivity contribution in [1.82, 2.24) is 0 Å². The van der Waals surface area contributed by atoms with Crippen LogP contribution in [0.25, 0.3) is 0 Å². The Kier molecular flexibility index (Phi) is 20.0. The second-order valence-electron chi connectivity index (χ2n) is 9.49. The molecular formula is C29H52S. The molecule has 0 aromatic heterocycles. The van der Waals surface area contributed by atoms with Gasteiger partial charge >= 0.3 is 0 Å². The van der Waals surface area contributed by atoms with Gasteiger partial charge in [-0.3, -0.25) is 0 Å². The Hall–Kier alpha value is -0.430. The molecule has 0 fully saturated rings. The van der Waals surface area contributed by atoms with Crippen LogP contribution in [0.3, 0.4) is 0 Å². The summed E-state index contributed by atoms with van der Waals surface area (Å²) in [6, 6.07) is 8.66. The highest BCUT2D eigenvalue weighted by Crippen LogP contribution is 2.16. The minimum atomic E-state index is 1.07. The van der Waals surface area contributed by atoms with Crippen molar-refractivity contribution in [3.8, 4) is 0 Å². The van der Waals surface area contributed by atoms with Crippen molar-refractivity contribution in [2.45, 2.75) is 153 Å². The smallest absolute Gasteiger partial charge is 0.00401 e. The van der Waals surface area contributed by atoms with Crippen LogP contribution < -0.4 is 0 Å². The van der Waals surface area contributed by atoms with Gasteiger partial charge in [0.15, 0.2) is 0 Å². The Bertz CT molecular complexity index is 450. The number of aryl methyl sites for hydroxylation is 1. The van der Waals surface area contributed by atoms with E-state index in [2.05, 4.69) is 43.8 Å². The van der Waals surface area contributed by atoms with Crippen LogP contribution in [0, 0.1) is 0 Å². The number of rotatable bonds is 22. The fourth-order valence-electron chi connectivity index (χ4n) is 4.42. The summed E-state index contributed by atoms with van der Waals surface area (Å²) in [5.41, 5.74) is 1.46. The Morgan fingerprint density at radius 2 is 0.733 bits per heavy atom. The van der Waals surface area contributed by atoms with E-state index in [1.54, 1.807) is 0 Å². The Morgan fingerprint density at radius 3 is 1.07 bits per heavy atom. The van der Waals surface area contributed by atoms with E-state index in [9.17, 15) is 0 Å². The molecule has 174 valence electrons. The van der Waals surface area contributed by atoms with Gasteiger partial charge in [0.2, 0.25) is 0 Å². The van der Waals surface area contributed by atoms with Gasteiger partial charge in [0.25, 0.3) is 0 Å². The first-order chi connectivity index (χ1) is 14.8. The maximum absolute atomic E-state index is 4.35. The summed E-state index contributed by atoms with van der Waals surface area (Å²) in [7, 11) is 0. The highest BCUT2D eigenvalue weighted by molar-refractivity contribution is 7.80. The third-order valence-corrected chi connectivity index (χ3v) is 6.80. The fraction of sp³-hybridized carbons (Fsp3) is 0.793. The summed E-state index contributed by atoms with van der Waals surface area (Å²) in [5.74, 6) is 0. The molecule has 1 heteroatoms. The maximum Gasteiger partial charge on any atom is 0.00401 e. The van der Waals surface area contributed by atoms with Gasteiger partial charge in [0, 0.05) is 4.90 Å². The molecule has 30 heavy (non-hydrogen) atoms. The van der Waals surface area contributed by atoms with Gasteiger partial charge < -0.3 is 0 Å². The van der Waals surface area contributed by atoms with Gasteiger partial charge in [-0.2, -0.15) is 0 Å². The first kappa shape index (κ1) is 27.6. The first-order valence-corrected chi connectivity index (χ1v) is 14.1. The van der Waals surface area contributed by atoms with Crippen LogP contribution in [0.5, 0.6) is 0 Å². The molecule has 0 aliphatic rings. The van der Waals surface area contributed by atoms with Gasteiger partial charge in [0.05, 0.1) is 0 Å². The van der Waals surface area contributed by atoms with Gasteiger partial charge in [-0.25, -0.2) is 0 Å². The van der Waals surface area contributed by atoms with E-state index in [0.29, 0.717) is 0 Å². The van der Waals surface area contributed by atoms with E-state index in [0.717, 1.165) is 4.90 Å². The second-order valence-corrected chi connectivity index (χ2v) is 10.0. The van der Waals surface area contributed by atoms with Crippen molar-refractivity contribution < 1.29 is 0 Å². The Balaban J connectivity index is 1.68. The monoisotopic (exact) mass is 432 g/mol. The molecule has 0 saturated heterocycles. The lowest BCUT2D eigenvalue weighted by Gasteiger charge is -2.04. The first-order valence-electron chi connectivity index (χ1n) is 13.6. The Morgan fingerprint density at radius 1 is 0.433 bits per heavy atom. The number of thiol groups is 1. The number of unbranched alkanes of at least 4 members (excludes halogenated alkanes) is 20. The van der Waals surface area contributed by atoms with Crippen molar-refractivity contribution in [3.05, 3.63) is 29.8 Å². The van der Waals surface area contributed by atoms with Crippen LogP contribution in [0.15, 0.2) is 29.2 Å². The molecule has 1 aromatic rings. The van der Waals surface area contributed by atoms with Gasteiger partial charge in [-0.1, -0.05) is 147 Å². The van der Waals surface area contributed by atoms with Crippen LogP contribution >= 0.6 is 12.6 Å². The highest BCUT2D eigenvalue weighted by Gasteiger charge is 1.97. The largest absolute Gasteiger partial charge is 0.143 e. The zero-order valence-electron chi connectivity index (χ0n) is 20.3. The standard InChI is InChI=1S/C29H52S/c1-2-3-4-5-6-7-8-9-10-11-12-13-14-15-16-17-18-19-20-21-22-23-28-24-26-29(30)27-25-28/h24-27,30H,2-23H2,1H3. The molecule has 0 heterocycles. The zero-order chi connectivity index (χ0) is 21.5. The molecule has 0 aliphatic heterocycles. The molecule has 0 aliphatic carbocycles. The summed E-state index contributed by atoms with van der Waals surface area (Å²) in [6.07, 6.45) is 31.7. The van der Waals surface area contributed by atoms with Crippen LogP contribution in [0.4, 0.5) is 0 Å².